The van der Waals surface area contributed by atoms with Crippen molar-refractivity contribution in [3.63, 3.8) is 0 Å². The Balaban J connectivity index is 0. The summed E-state index contributed by atoms with van der Waals surface area (Å²) < 4.78 is 0. The molecule has 1 unspecified atom stereocenters. The molecule has 0 aromatic heterocycles. The molecule has 0 rings (SSSR count). The molecular formula is C4H7Cl5O. The number of aliphatic hydroxyl groups excluding tert-OH is 1. The average molecular weight is 248 g/mol. The zero-order valence-corrected chi connectivity index (χ0v) is 8.69. The van der Waals surface area contributed by atoms with Gasteiger partial charge in [0.1, 0.15) is 4.84 Å². The zero-order valence-electron chi connectivity index (χ0n) is 4.91. The van der Waals surface area contributed by atoms with Crippen LogP contribution in [0.25, 0.3) is 0 Å². The van der Waals surface area contributed by atoms with Gasteiger partial charge in [-0.2, -0.15) is 0 Å². The van der Waals surface area contributed by atoms with Gasteiger partial charge in [0, 0.05) is 0 Å². The van der Waals surface area contributed by atoms with Gasteiger partial charge in [0.25, 0.3) is 0 Å². The van der Waals surface area contributed by atoms with Crippen molar-refractivity contribution in [3.8, 4) is 0 Å². The molecule has 10 heavy (non-hydrogen) atoms. The van der Waals surface area contributed by atoms with Crippen LogP contribution in [0.2, 0.25) is 0 Å². The van der Waals surface area contributed by atoms with Gasteiger partial charge in [-0.15, -0.1) is 58.0 Å². The summed E-state index contributed by atoms with van der Waals surface area (Å²) in [6, 6.07) is 0. The number of halogens is 5. The molecule has 1 N–H and O–H groups in total. The predicted molar refractivity (Wildman–Crippen MR) is 48.8 cm³/mol. The van der Waals surface area contributed by atoms with Crippen LogP contribution in [-0.2, 0) is 0 Å². The molecule has 0 amide bonds. The van der Waals surface area contributed by atoms with E-state index in [-0.39, 0.29) is 11.9 Å². The minimum Gasteiger partial charge on any atom is -0.395 e. The van der Waals surface area contributed by atoms with Crippen molar-refractivity contribution in [1.82, 2.24) is 0 Å². The Kier molecular flexibility index (Phi) is 14.5. The van der Waals surface area contributed by atoms with Gasteiger partial charge in [-0.1, -0.05) is 0 Å². The summed E-state index contributed by atoms with van der Waals surface area (Å²) in [6.45, 7) is -0.181. The lowest BCUT2D eigenvalue weighted by atomic mass is 10.5. The van der Waals surface area contributed by atoms with Crippen LogP contribution in [0.4, 0.5) is 0 Å². The van der Waals surface area contributed by atoms with E-state index >= 15 is 0 Å². The molecule has 0 saturated heterocycles. The van der Waals surface area contributed by atoms with Crippen molar-refractivity contribution < 1.29 is 5.11 Å². The summed E-state index contributed by atoms with van der Waals surface area (Å²) in [5.41, 5.74) is 0. The molecule has 1 atom stereocenters. The third-order valence-electron chi connectivity index (χ3n) is 0.448. The fraction of sp³-hybridized carbons (Fsp3) is 1.00. The first-order chi connectivity index (χ1) is 4.59. The molecule has 0 bridgehead atoms. The van der Waals surface area contributed by atoms with Gasteiger partial charge in [-0.3, -0.25) is 0 Å². The first-order valence-electron chi connectivity index (χ1n) is 2.25. The molecule has 0 aliphatic carbocycles. The fourth-order valence-electron chi connectivity index (χ4n) is 0.0797. The summed E-state index contributed by atoms with van der Waals surface area (Å²) >= 11 is 25.2. The standard InChI is InChI=1S/C3H5Cl3O.CH2Cl2/c4-2(1-7)3(5)6;2-1-3/h2-3,7H,1H2;1H2. The lowest BCUT2D eigenvalue weighted by molar-refractivity contribution is 0.296. The van der Waals surface area contributed by atoms with Gasteiger partial charge in [-0.25, -0.2) is 0 Å². The monoisotopic (exact) mass is 246 g/mol. The average Bonchev–Trinajstić information content (AvgIpc) is 1.88. The van der Waals surface area contributed by atoms with Crippen LogP contribution in [0.3, 0.4) is 0 Å². The summed E-state index contributed by atoms with van der Waals surface area (Å²) in [5.74, 6) is 0. The molecule has 0 aliphatic rings. The van der Waals surface area contributed by atoms with E-state index in [1.54, 1.807) is 0 Å². The number of rotatable bonds is 2. The normalized spacial score (nSPS) is 12.3. The molecule has 0 fully saturated rings. The number of aliphatic hydroxyl groups is 1. The highest BCUT2D eigenvalue weighted by molar-refractivity contribution is 6.48. The minimum atomic E-state index is -0.674. The van der Waals surface area contributed by atoms with Crippen LogP contribution >= 0.6 is 58.0 Å². The first kappa shape index (κ1) is 14.0. The van der Waals surface area contributed by atoms with Gasteiger partial charge >= 0.3 is 0 Å². The minimum absolute atomic E-state index is 0.181. The summed E-state index contributed by atoms with van der Waals surface area (Å²) in [4.78, 5) is -0.674. The maximum atomic E-state index is 8.20. The van der Waals surface area contributed by atoms with Crippen LogP contribution in [0, 0.1) is 0 Å². The Morgan fingerprint density at radius 1 is 1.10 bits per heavy atom. The highest BCUT2D eigenvalue weighted by Gasteiger charge is 2.10. The van der Waals surface area contributed by atoms with Crippen molar-refractivity contribution in [2.45, 2.75) is 10.2 Å². The molecule has 0 saturated carbocycles. The molecule has 0 spiro atoms. The molecule has 0 aromatic rings. The topological polar surface area (TPSA) is 20.2 Å². The van der Waals surface area contributed by atoms with Gasteiger partial charge < -0.3 is 5.11 Å². The molecule has 6 heteroatoms. The number of hydrogen-bond donors (Lipinski definition) is 1. The second-order valence-corrected chi connectivity index (χ2v) is 3.67. The highest BCUT2D eigenvalue weighted by atomic mass is 35.5. The van der Waals surface area contributed by atoms with Crippen molar-refractivity contribution in [3.05, 3.63) is 0 Å². The first-order valence-corrected chi connectivity index (χ1v) is 4.63. The van der Waals surface area contributed by atoms with Gasteiger partial charge in [0.2, 0.25) is 0 Å². The fourth-order valence-corrected chi connectivity index (χ4v) is 0.239. The smallest absolute Gasteiger partial charge is 0.126 e. The van der Waals surface area contributed by atoms with Gasteiger partial charge in [0.05, 0.1) is 17.3 Å². The second kappa shape index (κ2) is 10.4. The van der Waals surface area contributed by atoms with E-state index in [4.69, 9.17) is 63.1 Å². The molecule has 1 nitrogen and oxygen atoms in total. The Morgan fingerprint density at radius 2 is 1.40 bits per heavy atom. The third kappa shape index (κ3) is 12.1. The molecule has 64 valence electrons. The Hall–Kier alpha value is 1.41. The van der Waals surface area contributed by atoms with Crippen LogP contribution in [0.15, 0.2) is 0 Å². The van der Waals surface area contributed by atoms with Crippen LogP contribution in [0.1, 0.15) is 0 Å². The van der Waals surface area contributed by atoms with E-state index < -0.39 is 10.2 Å². The van der Waals surface area contributed by atoms with Gasteiger partial charge in [0.15, 0.2) is 0 Å². The molecule has 0 radical (unpaired) electrons. The van der Waals surface area contributed by atoms with E-state index in [1.165, 1.54) is 0 Å². The Morgan fingerprint density at radius 3 is 1.40 bits per heavy atom. The summed E-state index contributed by atoms with van der Waals surface area (Å²) in [7, 11) is 0. The quantitative estimate of drug-likeness (QED) is 0.745. The Labute approximate surface area is 85.2 Å². The van der Waals surface area contributed by atoms with Crippen LogP contribution < -0.4 is 0 Å². The maximum absolute atomic E-state index is 8.20. The largest absolute Gasteiger partial charge is 0.395 e. The van der Waals surface area contributed by atoms with E-state index in [0.29, 0.717) is 0 Å². The molecule has 0 aromatic carbocycles. The van der Waals surface area contributed by atoms with Crippen molar-refractivity contribution in [1.29, 1.82) is 0 Å². The van der Waals surface area contributed by atoms with Crippen LogP contribution in [-0.4, -0.2) is 27.3 Å². The van der Waals surface area contributed by atoms with E-state index in [0.717, 1.165) is 0 Å². The van der Waals surface area contributed by atoms with E-state index in [1.807, 2.05) is 0 Å². The number of hydrogen-bond acceptors (Lipinski definition) is 1. The predicted octanol–water partition coefficient (Wildman–Crippen LogP) is 2.81. The van der Waals surface area contributed by atoms with Crippen molar-refractivity contribution >= 4 is 58.0 Å². The lowest BCUT2D eigenvalue weighted by Gasteiger charge is -2.02. The van der Waals surface area contributed by atoms with Crippen molar-refractivity contribution in [2.24, 2.45) is 0 Å². The second-order valence-electron chi connectivity index (χ2n) is 1.13. The molecule has 0 heterocycles. The van der Waals surface area contributed by atoms with E-state index in [9.17, 15) is 0 Å². The van der Waals surface area contributed by atoms with Crippen LogP contribution in [0.5, 0.6) is 0 Å². The number of alkyl halides is 5. The molecule has 0 aliphatic heterocycles. The van der Waals surface area contributed by atoms with E-state index in [2.05, 4.69) is 0 Å². The maximum Gasteiger partial charge on any atom is 0.126 e. The zero-order chi connectivity index (χ0) is 8.57. The SMILES string of the molecule is ClCCl.OCC(Cl)C(Cl)Cl. The lowest BCUT2D eigenvalue weighted by Crippen LogP contribution is -2.12. The molecular weight excluding hydrogens is 241 g/mol. The third-order valence-corrected chi connectivity index (χ3v) is 1.70. The van der Waals surface area contributed by atoms with Gasteiger partial charge in [-0.05, 0) is 0 Å². The van der Waals surface area contributed by atoms with Crippen molar-refractivity contribution in [2.75, 3.05) is 11.9 Å². The summed E-state index contributed by atoms with van der Waals surface area (Å²) in [6.07, 6.45) is 0. The summed E-state index contributed by atoms with van der Waals surface area (Å²) in [5, 5.41) is 7.86. The Bertz CT molecular complexity index is 59.6. The highest BCUT2D eigenvalue weighted by Crippen LogP contribution is 2.12.